The number of aromatic nitrogens is 6. The topological polar surface area (TPSA) is 83.5 Å². The summed E-state index contributed by atoms with van der Waals surface area (Å²) in [5.41, 5.74) is 5.45. The molecular weight excluding hydrogens is 374 g/mol. The highest BCUT2D eigenvalue weighted by atomic mass is 15.2. The average Bonchev–Trinajstić information content (AvgIpc) is 3.28. The predicted molar refractivity (Wildman–Crippen MR) is 118 cm³/mol. The molecule has 0 spiro atoms. The van der Waals surface area contributed by atoms with Gasteiger partial charge in [0, 0.05) is 12.6 Å². The van der Waals surface area contributed by atoms with Gasteiger partial charge in [0.2, 0.25) is 0 Å². The molecule has 30 heavy (non-hydrogen) atoms. The zero-order valence-corrected chi connectivity index (χ0v) is 16.8. The van der Waals surface area contributed by atoms with Crippen molar-refractivity contribution in [2.24, 2.45) is 0 Å². The van der Waals surface area contributed by atoms with Crippen molar-refractivity contribution in [2.75, 3.05) is 11.9 Å². The maximum absolute atomic E-state index is 4.87. The minimum Gasteiger partial charge on any atom is -0.351 e. The lowest BCUT2D eigenvalue weighted by atomic mass is 10.0. The number of benzene rings is 2. The average molecular weight is 395 g/mol. The van der Waals surface area contributed by atoms with Gasteiger partial charge in [0.25, 0.3) is 0 Å². The molecule has 1 N–H and O–H groups in total. The molecule has 0 aliphatic rings. The fourth-order valence-corrected chi connectivity index (χ4v) is 3.88. The standard InChI is InChI=1S/C23H21N7/c1-3-20(15-7-5-4-6-8-15)30(2)21-13-24-19-11-16(9-10-18(19)28-21)22-17-12-27-29-23(17)26-14-25-22/h4-14,20H,3H2,1-2H3,(H,25,26,27,29)/t20-/m1/s1. The smallest absolute Gasteiger partial charge is 0.159 e. The Morgan fingerprint density at radius 3 is 2.67 bits per heavy atom. The third kappa shape index (κ3) is 3.14. The Morgan fingerprint density at radius 1 is 0.967 bits per heavy atom. The molecule has 2 aromatic carbocycles. The van der Waals surface area contributed by atoms with Crippen LogP contribution in [0.2, 0.25) is 0 Å². The van der Waals surface area contributed by atoms with Gasteiger partial charge in [-0.1, -0.05) is 43.3 Å². The van der Waals surface area contributed by atoms with Crippen LogP contribution in [0.4, 0.5) is 5.82 Å². The molecule has 1 atom stereocenters. The summed E-state index contributed by atoms with van der Waals surface area (Å²) in [6.07, 6.45) is 6.10. The fourth-order valence-electron chi connectivity index (χ4n) is 3.88. The van der Waals surface area contributed by atoms with E-state index in [1.54, 1.807) is 6.20 Å². The molecule has 3 aromatic heterocycles. The molecule has 0 radical (unpaired) electrons. The first kappa shape index (κ1) is 18.2. The molecule has 0 saturated carbocycles. The fraction of sp³-hybridized carbons (Fsp3) is 0.174. The number of aromatic amines is 1. The van der Waals surface area contributed by atoms with Crippen LogP contribution in [0.1, 0.15) is 24.9 Å². The van der Waals surface area contributed by atoms with Gasteiger partial charge in [-0.15, -0.1) is 0 Å². The van der Waals surface area contributed by atoms with E-state index in [0.717, 1.165) is 45.6 Å². The Hall–Kier alpha value is -3.87. The zero-order valence-electron chi connectivity index (χ0n) is 16.8. The van der Waals surface area contributed by atoms with Gasteiger partial charge in [0.1, 0.15) is 12.1 Å². The largest absolute Gasteiger partial charge is 0.351 e. The molecule has 0 aliphatic carbocycles. The van der Waals surface area contributed by atoms with Crippen LogP contribution in [0.3, 0.4) is 0 Å². The minimum atomic E-state index is 0.243. The summed E-state index contributed by atoms with van der Waals surface area (Å²) >= 11 is 0. The normalized spacial score (nSPS) is 12.3. The van der Waals surface area contributed by atoms with E-state index in [1.165, 1.54) is 11.9 Å². The van der Waals surface area contributed by atoms with Crippen LogP contribution < -0.4 is 4.90 Å². The maximum Gasteiger partial charge on any atom is 0.159 e. The second-order valence-electron chi connectivity index (χ2n) is 7.23. The lowest BCUT2D eigenvalue weighted by molar-refractivity contribution is 0.641. The van der Waals surface area contributed by atoms with Crippen molar-refractivity contribution in [3.8, 4) is 11.3 Å². The first-order valence-corrected chi connectivity index (χ1v) is 9.93. The highest BCUT2D eigenvalue weighted by molar-refractivity contribution is 5.92. The molecule has 3 heterocycles. The second-order valence-corrected chi connectivity index (χ2v) is 7.23. The lowest BCUT2D eigenvalue weighted by Gasteiger charge is -2.28. The summed E-state index contributed by atoms with van der Waals surface area (Å²) in [6, 6.07) is 16.8. The molecule has 0 unspecified atom stereocenters. The van der Waals surface area contributed by atoms with Crippen LogP contribution >= 0.6 is 0 Å². The van der Waals surface area contributed by atoms with E-state index in [-0.39, 0.29) is 6.04 Å². The summed E-state index contributed by atoms with van der Waals surface area (Å²) in [5, 5.41) is 7.84. The number of anilines is 1. The van der Waals surface area contributed by atoms with Crippen LogP contribution in [-0.2, 0) is 0 Å². The number of hydrogen-bond acceptors (Lipinski definition) is 6. The van der Waals surface area contributed by atoms with Crippen LogP contribution in [0.15, 0.2) is 67.3 Å². The molecule has 148 valence electrons. The number of rotatable bonds is 5. The predicted octanol–water partition coefficient (Wildman–Crippen LogP) is 4.55. The maximum atomic E-state index is 4.87. The second kappa shape index (κ2) is 7.51. The molecule has 0 aliphatic heterocycles. The van der Waals surface area contributed by atoms with Gasteiger partial charge in [-0.2, -0.15) is 5.10 Å². The summed E-state index contributed by atoms with van der Waals surface area (Å²) in [7, 11) is 2.07. The van der Waals surface area contributed by atoms with E-state index in [1.807, 2.05) is 30.5 Å². The van der Waals surface area contributed by atoms with Gasteiger partial charge in [0.15, 0.2) is 5.65 Å². The summed E-state index contributed by atoms with van der Waals surface area (Å²) in [4.78, 5) is 20.4. The summed E-state index contributed by atoms with van der Waals surface area (Å²) in [6.45, 7) is 2.19. The number of fused-ring (bicyclic) bond motifs is 2. The van der Waals surface area contributed by atoms with Gasteiger partial charge in [-0.25, -0.2) is 15.0 Å². The summed E-state index contributed by atoms with van der Waals surface area (Å²) < 4.78 is 0. The molecule has 0 bridgehead atoms. The highest BCUT2D eigenvalue weighted by Crippen LogP contribution is 2.29. The molecule has 0 saturated heterocycles. The monoisotopic (exact) mass is 395 g/mol. The van der Waals surface area contributed by atoms with Crippen LogP contribution in [-0.4, -0.2) is 37.2 Å². The Bertz CT molecular complexity index is 1310. The van der Waals surface area contributed by atoms with Crippen molar-refractivity contribution < 1.29 is 0 Å². The Kier molecular flexibility index (Phi) is 4.55. The van der Waals surface area contributed by atoms with Gasteiger partial charge in [0.05, 0.1) is 40.5 Å². The Balaban J connectivity index is 1.51. The molecule has 7 nitrogen and oxygen atoms in total. The van der Waals surface area contributed by atoms with Gasteiger partial charge in [-0.3, -0.25) is 10.1 Å². The minimum absolute atomic E-state index is 0.243. The third-order valence-electron chi connectivity index (χ3n) is 5.45. The van der Waals surface area contributed by atoms with Crippen molar-refractivity contribution in [1.29, 1.82) is 0 Å². The van der Waals surface area contributed by atoms with E-state index < -0.39 is 0 Å². The molecule has 0 amide bonds. The number of H-pyrrole nitrogens is 1. The first-order valence-electron chi connectivity index (χ1n) is 9.93. The SMILES string of the molecule is CC[C@H](c1ccccc1)N(C)c1cnc2cc(-c3ncnc4[nH]ncc34)ccc2n1. The van der Waals surface area contributed by atoms with Gasteiger partial charge < -0.3 is 4.90 Å². The quantitative estimate of drug-likeness (QED) is 0.470. The first-order chi connectivity index (χ1) is 14.7. The van der Waals surface area contributed by atoms with E-state index >= 15 is 0 Å². The molecular formula is C23H21N7. The number of hydrogen-bond donors (Lipinski definition) is 1. The van der Waals surface area contributed by atoms with Crippen molar-refractivity contribution in [3.05, 3.63) is 72.8 Å². The van der Waals surface area contributed by atoms with E-state index in [4.69, 9.17) is 9.97 Å². The van der Waals surface area contributed by atoms with Crippen LogP contribution in [0, 0.1) is 0 Å². The van der Waals surface area contributed by atoms with Crippen molar-refractivity contribution in [2.45, 2.75) is 19.4 Å². The highest BCUT2D eigenvalue weighted by Gasteiger charge is 2.17. The van der Waals surface area contributed by atoms with E-state index in [2.05, 4.69) is 63.3 Å². The molecule has 5 aromatic rings. The Labute approximate surface area is 173 Å². The zero-order chi connectivity index (χ0) is 20.5. The van der Waals surface area contributed by atoms with Crippen molar-refractivity contribution >= 4 is 27.9 Å². The van der Waals surface area contributed by atoms with E-state index in [0.29, 0.717) is 0 Å². The van der Waals surface area contributed by atoms with Crippen LogP contribution in [0.25, 0.3) is 33.3 Å². The third-order valence-corrected chi connectivity index (χ3v) is 5.45. The van der Waals surface area contributed by atoms with Crippen molar-refractivity contribution in [3.63, 3.8) is 0 Å². The van der Waals surface area contributed by atoms with Crippen molar-refractivity contribution in [1.82, 2.24) is 30.1 Å². The van der Waals surface area contributed by atoms with Gasteiger partial charge >= 0.3 is 0 Å². The molecule has 5 rings (SSSR count). The summed E-state index contributed by atoms with van der Waals surface area (Å²) in [5.74, 6) is 0.852. The number of nitrogens with one attached hydrogen (secondary N) is 1. The number of nitrogens with zero attached hydrogens (tertiary/aromatic N) is 6. The van der Waals surface area contributed by atoms with Crippen LogP contribution in [0.5, 0.6) is 0 Å². The lowest BCUT2D eigenvalue weighted by Crippen LogP contribution is -2.24. The van der Waals surface area contributed by atoms with Gasteiger partial charge in [-0.05, 0) is 24.1 Å². The Morgan fingerprint density at radius 2 is 1.83 bits per heavy atom. The van der Waals surface area contributed by atoms with E-state index in [9.17, 15) is 0 Å². The molecule has 7 heteroatoms. The molecule has 0 fully saturated rings.